The number of likely N-dealkylation sites (tertiary alicyclic amines) is 1. The van der Waals surface area contributed by atoms with Crippen LogP contribution in [0.5, 0.6) is 0 Å². The van der Waals surface area contributed by atoms with Crippen molar-refractivity contribution in [2.45, 2.75) is 12.7 Å². The zero-order valence-corrected chi connectivity index (χ0v) is 16.9. The minimum Gasteiger partial charge on any atom is -0.475 e. The molecule has 4 heterocycles. The van der Waals surface area contributed by atoms with Crippen molar-refractivity contribution in [3.05, 3.63) is 48.2 Å². The Balaban J connectivity index is 0.000000339. The van der Waals surface area contributed by atoms with Gasteiger partial charge in [0.05, 0.1) is 26.0 Å². The number of carboxylic acids is 1. The van der Waals surface area contributed by atoms with Crippen LogP contribution in [-0.2, 0) is 23.1 Å². The predicted molar refractivity (Wildman–Crippen MR) is 102 cm³/mol. The minimum atomic E-state index is -5.08. The summed E-state index contributed by atoms with van der Waals surface area (Å²) in [6.07, 6.45) is -1.49. The van der Waals surface area contributed by atoms with Crippen molar-refractivity contribution in [3.63, 3.8) is 0 Å². The molecule has 2 aromatic heterocycles. The molecule has 31 heavy (non-hydrogen) atoms. The fourth-order valence-corrected chi connectivity index (χ4v) is 3.98. The van der Waals surface area contributed by atoms with E-state index < -0.39 is 12.1 Å². The Morgan fingerprint density at radius 3 is 2.65 bits per heavy atom. The molecular weight excluding hydrogens is 419 g/mol. The van der Waals surface area contributed by atoms with Gasteiger partial charge in [-0.15, -0.1) is 0 Å². The molecule has 11 heteroatoms. The van der Waals surface area contributed by atoms with E-state index in [9.17, 15) is 18.0 Å². The van der Waals surface area contributed by atoms with Gasteiger partial charge in [0.25, 0.3) is 5.91 Å². The number of nitrogens with one attached hydrogen (secondary N) is 1. The maximum Gasteiger partial charge on any atom is 0.490 e. The van der Waals surface area contributed by atoms with E-state index in [0.29, 0.717) is 24.8 Å². The number of hydrogen-bond acceptors (Lipinski definition) is 5. The van der Waals surface area contributed by atoms with E-state index in [2.05, 4.69) is 10.2 Å². The van der Waals surface area contributed by atoms with Crippen molar-refractivity contribution >= 4 is 11.9 Å². The van der Waals surface area contributed by atoms with E-state index in [1.54, 1.807) is 6.26 Å². The number of rotatable bonds is 5. The van der Waals surface area contributed by atoms with Crippen molar-refractivity contribution in [2.75, 3.05) is 32.8 Å². The zero-order valence-electron chi connectivity index (χ0n) is 16.9. The van der Waals surface area contributed by atoms with E-state index in [1.807, 2.05) is 42.1 Å². The number of alkyl halides is 3. The molecule has 2 aliphatic rings. The fraction of sp³-hybridized carbons (Fsp3) is 0.500. The molecule has 2 saturated heterocycles. The Bertz CT molecular complexity index is 896. The second-order valence-corrected chi connectivity index (χ2v) is 7.81. The lowest BCUT2D eigenvalue weighted by molar-refractivity contribution is -0.192. The molecule has 0 saturated carbocycles. The predicted octanol–water partition coefficient (Wildman–Crippen LogP) is 2.13. The smallest absolute Gasteiger partial charge is 0.475 e. The highest BCUT2D eigenvalue weighted by Crippen LogP contribution is 2.41. The molecule has 1 amide bonds. The second-order valence-electron chi connectivity index (χ2n) is 7.81. The number of aromatic nitrogens is 1. The average molecular weight is 443 g/mol. The molecule has 0 aliphatic carbocycles. The largest absolute Gasteiger partial charge is 0.490 e. The Labute approximate surface area is 176 Å². The number of carbonyl (C=O) groups is 2. The van der Waals surface area contributed by atoms with Crippen LogP contribution in [0.15, 0.2) is 41.1 Å². The van der Waals surface area contributed by atoms with Gasteiger partial charge in [0.2, 0.25) is 0 Å². The van der Waals surface area contributed by atoms with Gasteiger partial charge in [-0.05, 0) is 24.3 Å². The fourth-order valence-electron chi connectivity index (χ4n) is 3.98. The van der Waals surface area contributed by atoms with E-state index >= 15 is 0 Å². The number of furan rings is 1. The Hall–Kier alpha value is -2.79. The van der Waals surface area contributed by atoms with Gasteiger partial charge in [-0.1, -0.05) is 0 Å². The van der Waals surface area contributed by atoms with Crippen molar-refractivity contribution in [1.82, 2.24) is 14.8 Å². The number of nitrogens with zero attached hydrogens (tertiary/aromatic N) is 2. The summed E-state index contributed by atoms with van der Waals surface area (Å²) in [5, 5.41) is 10.2. The molecule has 2 fully saturated rings. The lowest BCUT2D eigenvalue weighted by Gasteiger charge is -2.27. The van der Waals surface area contributed by atoms with Crippen molar-refractivity contribution in [1.29, 1.82) is 0 Å². The lowest BCUT2D eigenvalue weighted by atomic mass is 9.81. The first-order valence-corrected chi connectivity index (χ1v) is 9.63. The summed E-state index contributed by atoms with van der Waals surface area (Å²) in [4.78, 5) is 23.7. The van der Waals surface area contributed by atoms with Crippen LogP contribution in [0.3, 0.4) is 0 Å². The van der Waals surface area contributed by atoms with Gasteiger partial charge >= 0.3 is 12.1 Å². The Morgan fingerprint density at radius 1 is 1.32 bits per heavy atom. The third-order valence-corrected chi connectivity index (χ3v) is 5.57. The van der Waals surface area contributed by atoms with Crippen LogP contribution < -0.4 is 5.32 Å². The molecule has 2 atom stereocenters. The van der Waals surface area contributed by atoms with Crippen molar-refractivity contribution in [2.24, 2.45) is 18.4 Å². The first-order valence-electron chi connectivity index (χ1n) is 9.63. The van der Waals surface area contributed by atoms with Gasteiger partial charge in [0, 0.05) is 44.2 Å². The Morgan fingerprint density at radius 2 is 2.06 bits per heavy atom. The quantitative estimate of drug-likeness (QED) is 0.735. The van der Waals surface area contributed by atoms with Crippen LogP contribution in [0.2, 0.25) is 0 Å². The highest BCUT2D eigenvalue weighted by Gasteiger charge is 2.50. The maximum absolute atomic E-state index is 12.4. The minimum absolute atomic E-state index is 0.00736. The van der Waals surface area contributed by atoms with Gasteiger partial charge in [-0.2, -0.15) is 13.2 Å². The molecule has 2 aromatic rings. The van der Waals surface area contributed by atoms with Gasteiger partial charge < -0.3 is 24.1 Å². The van der Waals surface area contributed by atoms with Gasteiger partial charge in [0.1, 0.15) is 11.5 Å². The summed E-state index contributed by atoms with van der Waals surface area (Å²) in [7, 11) is 1.88. The van der Waals surface area contributed by atoms with Gasteiger partial charge in [0.15, 0.2) is 0 Å². The molecule has 0 radical (unpaired) electrons. The van der Waals surface area contributed by atoms with E-state index in [1.165, 1.54) is 0 Å². The van der Waals surface area contributed by atoms with Crippen LogP contribution in [0.4, 0.5) is 13.2 Å². The van der Waals surface area contributed by atoms with Crippen molar-refractivity contribution in [3.8, 4) is 0 Å². The first-order chi connectivity index (χ1) is 14.6. The standard InChI is InChI=1S/C18H23N3O3.C2HF3O2/c1-20-6-2-5-16(20)17(22)19-11-18-12-21(8-14(18)10-23-13-18)9-15-4-3-7-24-15;3-2(4,5)1(6)7/h2-7,14H,8-13H2,1H3,(H,19,22);(H,6,7)/t14-,18+;/m1./s1. The second kappa shape index (κ2) is 9.15. The number of hydrogen-bond donors (Lipinski definition) is 2. The summed E-state index contributed by atoms with van der Waals surface area (Å²) in [6, 6.07) is 7.66. The summed E-state index contributed by atoms with van der Waals surface area (Å²) in [6.45, 7) is 4.86. The third-order valence-electron chi connectivity index (χ3n) is 5.57. The molecule has 2 N–H and O–H groups in total. The van der Waals surface area contributed by atoms with E-state index in [0.717, 1.165) is 32.0 Å². The number of carbonyl (C=O) groups excluding carboxylic acids is 1. The molecule has 0 spiro atoms. The van der Waals surface area contributed by atoms with Crippen LogP contribution in [-0.4, -0.2) is 65.5 Å². The molecule has 0 aromatic carbocycles. The zero-order chi connectivity index (χ0) is 22.6. The summed E-state index contributed by atoms with van der Waals surface area (Å²) in [5.74, 6) is -1.33. The van der Waals surface area contributed by atoms with Gasteiger partial charge in [-0.3, -0.25) is 9.69 Å². The summed E-state index contributed by atoms with van der Waals surface area (Å²) < 4.78 is 44.8. The van der Waals surface area contributed by atoms with Gasteiger partial charge in [-0.25, -0.2) is 4.79 Å². The molecule has 4 rings (SSSR count). The van der Waals surface area contributed by atoms with Crippen LogP contribution in [0.1, 0.15) is 16.2 Å². The number of fused-ring (bicyclic) bond motifs is 1. The highest BCUT2D eigenvalue weighted by atomic mass is 19.4. The molecule has 0 unspecified atom stereocenters. The monoisotopic (exact) mass is 443 g/mol. The SMILES string of the molecule is Cn1cccc1C(=O)NC[C@]12COC[C@H]1CN(Cc1ccco1)C2.O=C(O)C(F)(F)F. The molecule has 2 aliphatic heterocycles. The average Bonchev–Trinajstić information content (AvgIpc) is 3.45. The summed E-state index contributed by atoms with van der Waals surface area (Å²) in [5.41, 5.74) is 0.695. The Kier molecular flexibility index (Phi) is 6.75. The number of aryl methyl sites for hydroxylation is 1. The normalized spacial score (nSPS) is 23.2. The van der Waals surface area contributed by atoms with E-state index in [-0.39, 0.29) is 11.3 Å². The molecule has 0 bridgehead atoms. The lowest BCUT2D eigenvalue weighted by Crippen LogP contribution is -2.43. The molecular formula is C20H24F3N3O5. The molecule has 8 nitrogen and oxygen atoms in total. The third kappa shape index (κ3) is 5.47. The first kappa shape index (κ1) is 22.9. The van der Waals surface area contributed by atoms with Crippen molar-refractivity contribution < 1.29 is 37.0 Å². The van der Waals surface area contributed by atoms with E-state index in [4.69, 9.17) is 19.1 Å². The number of amides is 1. The number of halogens is 3. The van der Waals surface area contributed by atoms with Crippen LogP contribution in [0, 0.1) is 11.3 Å². The molecule has 170 valence electrons. The maximum atomic E-state index is 12.4. The number of ether oxygens (including phenoxy) is 1. The number of aliphatic carboxylic acids is 1. The van der Waals surface area contributed by atoms with Crippen LogP contribution in [0.25, 0.3) is 0 Å². The number of carboxylic acid groups (broad SMARTS) is 1. The summed E-state index contributed by atoms with van der Waals surface area (Å²) >= 11 is 0. The van der Waals surface area contributed by atoms with Crippen LogP contribution >= 0.6 is 0 Å². The highest BCUT2D eigenvalue weighted by molar-refractivity contribution is 5.92. The topological polar surface area (TPSA) is 96.9 Å².